The third-order valence-corrected chi connectivity index (χ3v) is 5.28. The number of rotatable bonds is 1. The summed E-state index contributed by atoms with van der Waals surface area (Å²) >= 11 is 0. The van der Waals surface area contributed by atoms with E-state index in [9.17, 15) is 0 Å². The summed E-state index contributed by atoms with van der Waals surface area (Å²) in [4.78, 5) is 2.31. The molecule has 1 aliphatic heterocycles. The minimum Gasteiger partial charge on any atom is -0.382 e. The third-order valence-electron chi connectivity index (χ3n) is 5.28. The number of hydrogen-bond donors (Lipinski definition) is 1. The molecule has 4 nitrogen and oxygen atoms in total. The molecule has 2 heterocycles. The van der Waals surface area contributed by atoms with Crippen LogP contribution >= 0.6 is 0 Å². The number of aromatic nitrogens is 1. The molecular weight excluding hydrogens is 384 g/mol. The highest BCUT2D eigenvalue weighted by molar-refractivity contribution is 5.75. The van der Waals surface area contributed by atoms with Gasteiger partial charge in [0.1, 0.15) is 6.10 Å². The Hall–Kier alpha value is -3.34. The van der Waals surface area contributed by atoms with Crippen molar-refractivity contribution in [3.63, 3.8) is 0 Å². The Morgan fingerprint density at radius 3 is 2.39 bits per heavy atom. The van der Waals surface area contributed by atoms with Gasteiger partial charge in [-0.1, -0.05) is 84.9 Å². The van der Waals surface area contributed by atoms with Crippen LogP contribution in [0.1, 0.15) is 22.8 Å². The topological polar surface area (TPSA) is 41.4 Å². The van der Waals surface area contributed by atoms with Crippen LogP contribution in [0.3, 0.4) is 0 Å². The highest BCUT2D eigenvalue weighted by atomic mass is 16.5. The molecule has 31 heavy (non-hydrogen) atoms. The van der Waals surface area contributed by atoms with Crippen molar-refractivity contribution in [3.05, 3.63) is 120 Å². The Morgan fingerprint density at radius 2 is 1.52 bits per heavy atom. The number of hydrogen-bond acceptors (Lipinski definition) is 3. The molecule has 0 fully saturated rings. The molecule has 5 rings (SSSR count). The lowest BCUT2D eigenvalue weighted by atomic mass is 9.96. The predicted molar refractivity (Wildman–Crippen MR) is 125 cm³/mol. The monoisotopic (exact) mass is 412 g/mol. The lowest BCUT2D eigenvalue weighted by molar-refractivity contribution is 0.0554. The average Bonchev–Trinajstić information content (AvgIpc) is 2.78. The molecular formula is C27H28N2O2. The SMILES string of the molecule is CN1CCOC(c2ccccc2)c2ccccc2C1.c1ccc2ccccc2o[nH]c1. The van der Waals surface area contributed by atoms with Crippen molar-refractivity contribution in [2.24, 2.45) is 0 Å². The number of ether oxygens (including phenoxy) is 1. The Morgan fingerprint density at radius 1 is 0.806 bits per heavy atom. The molecule has 3 aromatic carbocycles. The highest BCUT2D eigenvalue weighted by Gasteiger charge is 2.20. The van der Waals surface area contributed by atoms with E-state index < -0.39 is 0 Å². The molecule has 158 valence electrons. The number of H-pyrrole nitrogens is 1. The molecule has 0 bridgehead atoms. The molecule has 1 atom stereocenters. The van der Waals surface area contributed by atoms with Crippen LogP contribution in [0.15, 0.2) is 108 Å². The summed E-state index contributed by atoms with van der Waals surface area (Å²) in [7, 11) is 2.14. The van der Waals surface area contributed by atoms with Gasteiger partial charge in [-0.05, 0) is 35.9 Å². The van der Waals surface area contributed by atoms with E-state index in [4.69, 9.17) is 9.26 Å². The third kappa shape index (κ3) is 5.63. The van der Waals surface area contributed by atoms with Crippen molar-refractivity contribution in [1.82, 2.24) is 10.1 Å². The maximum Gasteiger partial charge on any atom is 0.162 e. The zero-order valence-electron chi connectivity index (χ0n) is 17.8. The number of nitrogens with zero attached hydrogens (tertiary/aromatic N) is 1. The summed E-state index contributed by atoms with van der Waals surface area (Å²) in [5.74, 6) is 0. The van der Waals surface area contributed by atoms with E-state index in [2.05, 4.69) is 65.6 Å². The fourth-order valence-corrected chi connectivity index (χ4v) is 3.69. The summed E-state index contributed by atoms with van der Waals surface area (Å²) < 4.78 is 11.4. The fourth-order valence-electron chi connectivity index (χ4n) is 3.69. The predicted octanol–water partition coefficient (Wildman–Crippen LogP) is 6.12. The summed E-state index contributed by atoms with van der Waals surface area (Å²) in [6, 6.07) is 32.8. The molecule has 1 N–H and O–H groups in total. The maximum atomic E-state index is 6.12. The van der Waals surface area contributed by atoms with Crippen molar-refractivity contribution in [3.8, 4) is 0 Å². The van der Waals surface area contributed by atoms with Gasteiger partial charge in [-0.2, -0.15) is 0 Å². The van der Waals surface area contributed by atoms with E-state index in [0.717, 1.165) is 30.7 Å². The van der Waals surface area contributed by atoms with E-state index in [-0.39, 0.29) is 6.10 Å². The Kier molecular flexibility index (Phi) is 7.16. The van der Waals surface area contributed by atoms with Crippen molar-refractivity contribution < 1.29 is 9.26 Å². The van der Waals surface area contributed by atoms with E-state index in [0.29, 0.717) is 0 Å². The molecule has 0 radical (unpaired) electrons. The largest absolute Gasteiger partial charge is 0.382 e. The van der Waals surface area contributed by atoms with Crippen molar-refractivity contribution in [2.45, 2.75) is 12.6 Å². The molecule has 0 saturated heterocycles. The van der Waals surface area contributed by atoms with E-state index in [1.807, 2.05) is 48.5 Å². The van der Waals surface area contributed by atoms with Crippen LogP contribution < -0.4 is 0 Å². The van der Waals surface area contributed by atoms with Crippen LogP contribution in [-0.2, 0) is 11.3 Å². The smallest absolute Gasteiger partial charge is 0.162 e. The fraction of sp³-hybridized carbons (Fsp3) is 0.185. The van der Waals surface area contributed by atoms with E-state index in [1.54, 1.807) is 6.20 Å². The van der Waals surface area contributed by atoms with Crippen LogP contribution in [0.5, 0.6) is 0 Å². The van der Waals surface area contributed by atoms with Gasteiger partial charge in [-0.25, -0.2) is 5.16 Å². The first-order valence-electron chi connectivity index (χ1n) is 10.6. The number of fused-ring (bicyclic) bond motifs is 2. The van der Waals surface area contributed by atoms with Gasteiger partial charge in [-0.15, -0.1) is 0 Å². The zero-order chi connectivity index (χ0) is 21.3. The molecule has 4 heteroatoms. The summed E-state index contributed by atoms with van der Waals surface area (Å²) in [5.41, 5.74) is 4.73. The van der Waals surface area contributed by atoms with E-state index >= 15 is 0 Å². The van der Waals surface area contributed by atoms with Gasteiger partial charge < -0.3 is 9.26 Å². The van der Waals surface area contributed by atoms with Gasteiger partial charge in [0.2, 0.25) is 0 Å². The Balaban J connectivity index is 0.000000166. The summed E-state index contributed by atoms with van der Waals surface area (Å²) in [6.07, 6.45) is 1.80. The quantitative estimate of drug-likeness (QED) is 0.409. The first-order valence-corrected chi connectivity index (χ1v) is 10.6. The van der Waals surface area contributed by atoms with Crippen LogP contribution in [0, 0.1) is 0 Å². The molecule has 0 aliphatic carbocycles. The first-order chi connectivity index (χ1) is 15.3. The summed E-state index contributed by atoms with van der Waals surface area (Å²) in [5, 5.41) is 3.79. The highest BCUT2D eigenvalue weighted by Crippen LogP contribution is 2.30. The molecule has 4 aromatic rings. The normalized spacial score (nSPS) is 16.2. The summed E-state index contributed by atoms with van der Waals surface area (Å²) in [6.45, 7) is 2.73. The number of benzene rings is 3. The first kappa shape index (κ1) is 20.9. The number of nitrogens with one attached hydrogen (secondary N) is 1. The second kappa shape index (κ2) is 10.6. The van der Waals surface area contributed by atoms with Gasteiger partial charge in [-0.3, -0.25) is 4.90 Å². The second-order valence-corrected chi connectivity index (χ2v) is 7.57. The van der Waals surface area contributed by atoms with Crippen molar-refractivity contribution in [2.75, 3.05) is 20.2 Å². The Labute approximate surface area is 183 Å². The molecule has 0 saturated carbocycles. The van der Waals surface area contributed by atoms with Gasteiger partial charge in [0, 0.05) is 24.7 Å². The molecule has 0 amide bonds. The number of likely N-dealkylation sites (N-methyl/N-ethyl adjacent to an activating group) is 1. The molecule has 1 unspecified atom stereocenters. The maximum absolute atomic E-state index is 6.12. The van der Waals surface area contributed by atoms with Crippen molar-refractivity contribution >= 4 is 11.0 Å². The number of aromatic amines is 1. The van der Waals surface area contributed by atoms with Gasteiger partial charge in [0.15, 0.2) is 5.58 Å². The van der Waals surface area contributed by atoms with E-state index in [1.165, 1.54) is 16.7 Å². The Bertz CT molecular complexity index is 1090. The lowest BCUT2D eigenvalue weighted by Crippen LogP contribution is -2.27. The van der Waals surface area contributed by atoms with Crippen LogP contribution in [0.4, 0.5) is 0 Å². The van der Waals surface area contributed by atoms with Crippen LogP contribution in [0.2, 0.25) is 0 Å². The van der Waals surface area contributed by atoms with Crippen molar-refractivity contribution in [1.29, 1.82) is 0 Å². The zero-order valence-corrected chi connectivity index (χ0v) is 17.8. The minimum absolute atomic E-state index is 0.0612. The minimum atomic E-state index is 0.0612. The van der Waals surface area contributed by atoms with Crippen LogP contribution in [0.25, 0.3) is 11.0 Å². The number of para-hydroxylation sites is 1. The standard InChI is InChI=1S/C17H19NO.C10H9NO/c1-18-11-12-19-17(14-7-3-2-4-8-14)16-10-6-5-9-15(16)13-18;1-2-7-10-9(5-1)6-3-4-8-11-12-10/h2-10,17H,11-13H2,1H3;1-8,11H. The average molecular weight is 413 g/mol. The van der Waals surface area contributed by atoms with Gasteiger partial charge in [0.05, 0.1) is 6.61 Å². The molecule has 0 spiro atoms. The molecule has 1 aliphatic rings. The lowest BCUT2D eigenvalue weighted by Gasteiger charge is -2.28. The van der Waals surface area contributed by atoms with Crippen LogP contribution in [-0.4, -0.2) is 30.3 Å². The molecule has 1 aromatic heterocycles. The van der Waals surface area contributed by atoms with Gasteiger partial charge in [0.25, 0.3) is 0 Å². The second-order valence-electron chi connectivity index (χ2n) is 7.57. The van der Waals surface area contributed by atoms with Gasteiger partial charge >= 0.3 is 0 Å².